The van der Waals surface area contributed by atoms with Crippen molar-refractivity contribution in [2.45, 2.75) is 25.3 Å². The zero-order valence-corrected chi connectivity index (χ0v) is 12.2. The first-order valence-corrected chi connectivity index (χ1v) is 7.35. The number of hydrogen-bond donors (Lipinski definition) is 1. The molecule has 0 radical (unpaired) electrons. The molecular formula is C12H15FN4O2S. The summed E-state index contributed by atoms with van der Waals surface area (Å²) in [6.07, 6.45) is 0. The molecule has 1 aromatic carbocycles. The van der Waals surface area contributed by atoms with Gasteiger partial charge in [-0.25, -0.2) is 17.8 Å². The Hall–Kier alpha value is -1.80. The van der Waals surface area contributed by atoms with Gasteiger partial charge in [-0.1, -0.05) is 6.07 Å². The van der Waals surface area contributed by atoms with Crippen LogP contribution < -0.4 is 0 Å². The summed E-state index contributed by atoms with van der Waals surface area (Å²) in [6, 6.07) is 3.98. The lowest BCUT2D eigenvalue weighted by Gasteiger charge is -2.16. The monoisotopic (exact) mass is 298 g/mol. The van der Waals surface area contributed by atoms with E-state index in [4.69, 9.17) is 0 Å². The van der Waals surface area contributed by atoms with Gasteiger partial charge >= 0.3 is 0 Å². The van der Waals surface area contributed by atoms with E-state index in [1.165, 1.54) is 19.2 Å². The number of aromatic nitrogens is 3. The molecule has 1 N–H and O–H groups in total. The second kappa shape index (κ2) is 5.29. The molecule has 108 valence electrons. The summed E-state index contributed by atoms with van der Waals surface area (Å²) in [5, 5.41) is 6.50. The summed E-state index contributed by atoms with van der Waals surface area (Å²) in [5.41, 5.74) is 0.673. The van der Waals surface area contributed by atoms with Crippen LogP contribution in [0.15, 0.2) is 23.1 Å². The van der Waals surface area contributed by atoms with Crippen LogP contribution in [-0.4, -0.2) is 35.0 Å². The van der Waals surface area contributed by atoms with Crippen molar-refractivity contribution in [1.82, 2.24) is 19.5 Å². The number of rotatable bonds is 4. The molecule has 0 atom stereocenters. The molecule has 1 aromatic heterocycles. The minimum absolute atomic E-state index is 0.0277. The van der Waals surface area contributed by atoms with Crippen LogP contribution in [0.4, 0.5) is 4.39 Å². The van der Waals surface area contributed by atoms with E-state index in [9.17, 15) is 12.8 Å². The molecule has 0 aliphatic carbocycles. The van der Waals surface area contributed by atoms with E-state index < -0.39 is 15.8 Å². The van der Waals surface area contributed by atoms with Gasteiger partial charge in [0.2, 0.25) is 10.0 Å². The largest absolute Gasteiger partial charge is 0.263 e. The standard InChI is InChI=1S/C12H15FN4O2S/c1-8-4-5-10(13)11(6-8)20(18,19)17(3)7-12-14-9(2)15-16-12/h4-6H,7H2,1-3H3,(H,14,15,16). The number of aryl methyl sites for hydroxylation is 2. The molecule has 0 aliphatic rings. The molecule has 0 fully saturated rings. The van der Waals surface area contributed by atoms with Crippen LogP contribution in [0.5, 0.6) is 0 Å². The first kappa shape index (κ1) is 14.6. The Kier molecular flexibility index (Phi) is 3.87. The van der Waals surface area contributed by atoms with Crippen molar-refractivity contribution in [2.75, 3.05) is 7.05 Å². The second-order valence-electron chi connectivity index (χ2n) is 4.53. The van der Waals surface area contributed by atoms with Gasteiger partial charge < -0.3 is 0 Å². The molecule has 0 spiro atoms. The SMILES string of the molecule is Cc1ccc(F)c(S(=O)(=O)N(C)Cc2n[nH]c(C)n2)c1. The summed E-state index contributed by atoms with van der Waals surface area (Å²) in [6.45, 7) is 3.39. The molecule has 0 unspecified atom stereocenters. The van der Waals surface area contributed by atoms with E-state index in [2.05, 4.69) is 15.2 Å². The van der Waals surface area contributed by atoms with E-state index in [-0.39, 0.29) is 11.4 Å². The van der Waals surface area contributed by atoms with Crippen LogP contribution in [0.2, 0.25) is 0 Å². The minimum Gasteiger partial charge on any atom is -0.263 e. The summed E-state index contributed by atoms with van der Waals surface area (Å²) in [4.78, 5) is 3.69. The minimum atomic E-state index is -3.92. The van der Waals surface area contributed by atoms with Crippen molar-refractivity contribution in [3.05, 3.63) is 41.2 Å². The molecule has 0 saturated heterocycles. The molecular weight excluding hydrogens is 283 g/mol. The van der Waals surface area contributed by atoms with Gasteiger partial charge in [-0.15, -0.1) is 0 Å². The lowest BCUT2D eigenvalue weighted by Crippen LogP contribution is -2.27. The van der Waals surface area contributed by atoms with Crippen molar-refractivity contribution in [3.63, 3.8) is 0 Å². The van der Waals surface area contributed by atoms with Crippen LogP contribution in [0.25, 0.3) is 0 Å². The second-order valence-corrected chi connectivity index (χ2v) is 6.55. The zero-order valence-electron chi connectivity index (χ0n) is 11.4. The van der Waals surface area contributed by atoms with Crippen molar-refractivity contribution in [2.24, 2.45) is 0 Å². The Morgan fingerprint density at radius 3 is 2.65 bits per heavy atom. The average molecular weight is 298 g/mol. The zero-order chi connectivity index (χ0) is 14.9. The number of H-pyrrole nitrogens is 1. The highest BCUT2D eigenvalue weighted by molar-refractivity contribution is 7.89. The van der Waals surface area contributed by atoms with Gasteiger partial charge in [0.25, 0.3) is 0 Å². The predicted octanol–water partition coefficient (Wildman–Crippen LogP) is 1.38. The maximum atomic E-state index is 13.7. The Morgan fingerprint density at radius 1 is 1.35 bits per heavy atom. The van der Waals surface area contributed by atoms with Gasteiger partial charge in [-0.05, 0) is 31.5 Å². The van der Waals surface area contributed by atoms with Gasteiger partial charge in [-0.2, -0.15) is 9.40 Å². The van der Waals surface area contributed by atoms with Crippen molar-refractivity contribution < 1.29 is 12.8 Å². The van der Waals surface area contributed by atoms with Crippen molar-refractivity contribution in [1.29, 1.82) is 0 Å². The normalized spacial score (nSPS) is 12.1. The highest BCUT2D eigenvalue weighted by Gasteiger charge is 2.25. The molecule has 6 nitrogen and oxygen atoms in total. The van der Waals surface area contributed by atoms with E-state index in [0.717, 1.165) is 10.4 Å². The van der Waals surface area contributed by atoms with Crippen LogP contribution in [0, 0.1) is 19.7 Å². The fraction of sp³-hybridized carbons (Fsp3) is 0.333. The quantitative estimate of drug-likeness (QED) is 0.925. The van der Waals surface area contributed by atoms with Crippen LogP contribution >= 0.6 is 0 Å². The molecule has 0 amide bonds. The smallest absolute Gasteiger partial charge is 0.246 e. The Balaban J connectivity index is 2.32. The Labute approximate surface area is 116 Å². The van der Waals surface area contributed by atoms with Gasteiger partial charge in [0, 0.05) is 7.05 Å². The third kappa shape index (κ3) is 2.86. The number of halogens is 1. The van der Waals surface area contributed by atoms with E-state index in [1.54, 1.807) is 13.8 Å². The molecule has 1 heterocycles. The molecule has 2 aromatic rings. The highest BCUT2D eigenvalue weighted by Crippen LogP contribution is 2.20. The fourth-order valence-corrected chi connectivity index (χ4v) is 2.99. The number of aromatic amines is 1. The van der Waals surface area contributed by atoms with Crippen molar-refractivity contribution >= 4 is 10.0 Å². The van der Waals surface area contributed by atoms with E-state index in [1.807, 2.05) is 0 Å². The summed E-state index contributed by atoms with van der Waals surface area (Å²) in [5.74, 6) is 0.155. The molecule has 2 rings (SSSR count). The molecule has 20 heavy (non-hydrogen) atoms. The number of nitrogens with zero attached hydrogens (tertiary/aromatic N) is 3. The molecule has 0 saturated carbocycles. The van der Waals surface area contributed by atoms with Gasteiger partial charge in [0.15, 0.2) is 5.82 Å². The predicted molar refractivity (Wildman–Crippen MR) is 70.9 cm³/mol. The summed E-state index contributed by atoms with van der Waals surface area (Å²) >= 11 is 0. The maximum Gasteiger partial charge on any atom is 0.246 e. The number of hydrogen-bond acceptors (Lipinski definition) is 4. The first-order valence-electron chi connectivity index (χ1n) is 5.91. The number of benzene rings is 1. The van der Waals surface area contributed by atoms with Crippen LogP contribution in [0.3, 0.4) is 0 Å². The van der Waals surface area contributed by atoms with Gasteiger partial charge in [0.05, 0.1) is 6.54 Å². The van der Waals surface area contributed by atoms with Crippen LogP contribution in [-0.2, 0) is 16.6 Å². The third-order valence-electron chi connectivity index (χ3n) is 2.78. The molecule has 8 heteroatoms. The fourth-order valence-electron chi connectivity index (χ4n) is 1.72. The average Bonchev–Trinajstić information content (AvgIpc) is 2.77. The number of sulfonamides is 1. The Bertz CT molecular complexity index is 727. The third-order valence-corrected chi connectivity index (χ3v) is 4.60. The molecule has 0 aliphatic heterocycles. The lowest BCUT2D eigenvalue weighted by atomic mass is 10.2. The summed E-state index contributed by atoms with van der Waals surface area (Å²) < 4.78 is 39.4. The topological polar surface area (TPSA) is 79.0 Å². The van der Waals surface area contributed by atoms with Crippen LogP contribution in [0.1, 0.15) is 17.2 Å². The van der Waals surface area contributed by atoms with Crippen molar-refractivity contribution in [3.8, 4) is 0 Å². The van der Waals surface area contributed by atoms with Gasteiger partial charge in [-0.3, -0.25) is 5.10 Å². The van der Waals surface area contributed by atoms with E-state index >= 15 is 0 Å². The molecule has 0 bridgehead atoms. The number of nitrogens with one attached hydrogen (secondary N) is 1. The maximum absolute atomic E-state index is 13.7. The van der Waals surface area contributed by atoms with E-state index in [0.29, 0.717) is 17.2 Å². The van der Waals surface area contributed by atoms with Gasteiger partial charge in [0.1, 0.15) is 16.5 Å². The summed E-state index contributed by atoms with van der Waals surface area (Å²) in [7, 11) is -2.55. The highest BCUT2D eigenvalue weighted by atomic mass is 32.2. The first-order chi connectivity index (χ1) is 9.30. The Morgan fingerprint density at radius 2 is 2.05 bits per heavy atom. The lowest BCUT2D eigenvalue weighted by molar-refractivity contribution is 0.451.